The summed E-state index contributed by atoms with van der Waals surface area (Å²) in [6.45, 7) is 4.99. The van der Waals surface area contributed by atoms with Crippen LogP contribution in [-0.4, -0.2) is 41.7 Å². The maximum atomic E-state index is 12.0. The highest BCUT2D eigenvalue weighted by molar-refractivity contribution is 6.33. The summed E-state index contributed by atoms with van der Waals surface area (Å²) in [6, 6.07) is 6.81. The van der Waals surface area contributed by atoms with E-state index < -0.39 is 0 Å². The number of hydrogen-bond donors (Lipinski definition) is 2. The molecule has 1 unspecified atom stereocenters. The molecule has 0 aliphatic rings. The van der Waals surface area contributed by atoms with Crippen LogP contribution < -0.4 is 5.32 Å². The van der Waals surface area contributed by atoms with Crippen LogP contribution in [0.15, 0.2) is 24.3 Å². The first-order valence-electron chi connectivity index (χ1n) is 6.00. The third-order valence-corrected chi connectivity index (χ3v) is 3.18. The molecule has 0 heterocycles. The largest absolute Gasteiger partial charge is 0.395 e. The number of aliphatic hydroxyl groups excluding tert-OH is 1. The van der Waals surface area contributed by atoms with Crippen molar-refractivity contribution in [1.82, 2.24) is 4.90 Å². The van der Waals surface area contributed by atoms with Gasteiger partial charge in [0.1, 0.15) is 0 Å². The molecule has 0 aliphatic heterocycles. The molecule has 100 valence electrons. The van der Waals surface area contributed by atoms with Gasteiger partial charge in [-0.2, -0.15) is 0 Å². The molecule has 1 aromatic carbocycles. The molecule has 0 radical (unpaired) electrons. The fraction of sp³-hybridized carbons (Fsp3) is 0.462. The summed E-state index contributed by atoms with van der Waals surface area (Å²) in [5.74, 6) is -0.126. The molecule has 2 N–H and O–H groups in total. The maximum absolute atomic E-state index is 12.0. The molecule has 1 aromatic rings. The maximum Gasteiger partial charge on any atom is 0.241 e. The van der Waals surface area contributed by atoms with E-state index in [-0.39, 0.29) is 18.6 Å². The fourth-order valence-electron chi connectivity index (χ4n) is 1.72. The van der Waals surface area contributed by atoms with Crippen LogP contribution in [0.1, 0.15) is 13.8 Å². The van der Waals surface area contributed by atoms with Crippen molar-refractivity contribution >= 4 is 23.2 Å². The van der Waals surface area contributed by atoms with E-state index in [4.69, 9.17) is 16.7 Å². The Labute approximate surface area is 113 Å². The zero-order chi connectivity index (χ0) is 13.5. The Morgan fingerprint density at radius 3 is 2.72 bits per heavy atom. The molecule has 0 saturated heterocycles. The Hall–Kier alpha value is -1.10. The van der Waals surface area contributed by atoms with Gasteiger partial charge < -0.3 is 10.4 Å². The molecule has 0 fully saturated rings. The number of likely N-dealkylation sites (N-methyl/N-ethyl adjacent to an activating group) is 1. The van der Waals surface area contributed by atoms with E-state index in [1.807, 2.05) is 30.9 Å². The third kappa shape index (κ3) is 3.98. The van der Waals surface area contributed by atoms with Gasteiger partial charge in [0.15, 0.2) is 0 Å². The van der Waals surface area contributed by atoms with Crippen molar-refractivity contribution in [3.05, 3.63) is 29.3 Å². The number of benzene rings is 1. The first kappa shape index (κ1) is 15.0. The van der Waals surface area contributed by atoms with E-state index in [1.54, 1.807) is 12.1 Å². The van der Waals surface area contributed by atoms with Crippen LogP contribution in [0.25, 0.3) is 0 Å². The van der Waals surface area contributed by atoms with Crippen LogP contribution in [0.3, 0.4) is 0 Å². The lowest BCUT2D eigenvalue weighted by Crippen LogP contribution is -2.43. The van der Waals surface area contributed by atoms with Gasteiger partial charge in [-0.15, -0.1) is 0 Å². The number of carbonyl (C=O) groups excluding carboxylic acids is 1. The number of anilines is 1. The fourth-order valence-corrected chi connectivity index (χ4v) is 1.90. The SMILES string of the molecule is CCN(CCO)C(C)C(=O)Nc1ccccc1Cl. The minimum absolute atomic E-state index is 0.0392. The van der Waals surface area contributed by atoms with E-state index in [1.165, 1.54) is 0 Å². The van der Waals surface area contributed by atoms with Gasteiger partial charge in [0.2, 0.25) is 5.91 Å². The number of hydrogen-bond acceptors (Lipinski definition) is 3. The molecule has 0 spiro atoms. The Morgan fingerprint density at radius 1 is 1.50 bits per heavy atom. The number of amides is 1. The molecule has 1 amide bonds. The highest BCUT2D eigenvalue weighted by atomic mass is 35.5. The Bertz CT molecular complexity index is 398. The number of para-hydroxylation sites is 1. The van der Waals surface area contributed by atoms with Gasteiger partial charge in [0, 0.05) is 6.54 Å². The molecule has 0 aliphatic carbocycles. The lowest BCUT2D eigenvalue weighted by molar-refractivity contribution is -0.120. The van der Waals surface area contributed by atoms with Crippen LogP contribution >= 0.6 is 11.6 Å². The second-order valence-corrected chi connectivity index (χ2v) is 4.40. The molecule has 0 bridgehead atoms. The van der Waals surface area contributed by atoms with Crippen molar-refractivity contribution in [1.29, 1.82) is 0 Å². The number of carbonyl (C=O) groups is 1. The summed E-state index contributed by atoms with van der Waals surface area (Å²) < 4.78 is 0. The smallest absolute Gasteiger partial charge is 0.241 e. The molecule has 0 saturated carbocycles. The summed E-state index contributed by atoms with van der Waals surface area (Å²) in [4.78, 5) is 13.9. The summed E-state index contributed by atoms with van der Waals surface area (Å²) in [7, 11) is 0. The second kappa shape index (κ2) is 7.36. The monoisotopic (exact) mass is 270 g/mol. The van der Waals surface area contributed by atoms with Crippen molar-refractivity contribution in [2.45, 2.75) is 19.9 Å². The minimum atomic E-state index is -0.307. The predicted octanol–water partition coefficient (Wildman–Crippen LogP) is 1.98. The highest BCUT2D eigenvalue weighted by Crippen LogP contribution is 2.20. The number of aliphatic hydroxyl groups is 1. The number of rotatable bonds is 6. The van der Waals surface area contributed by atoms with Gasteiger partial charge in [-0.1, -0.05) is 30.7 Å². The van der Waals surface area contributed by atoms with Crippen molar-refractivity contribution in [3.63, 3.8) is 0 Å². The van der Waals surface area contributed by atoms with Crippen LogP contribution in [0.2, 0.25) is 5.02 Å². The van der Waals surface area contributed by atoms with Crippen LogP contribution in [-0.2, 0) is 4.79 Å². The minimum Gasteiger partial charge on any atom is -0.395 e. The van der Waals surface area contributed by atoms with Gasteiger partial charge in [0.05, 0.1) is 23.4 Å². The topological polar surface area (TPSA) is 52.6 Å². The van der Waals surface area contributed by atoms with E-state index >= 15 is 0 Å². The van der Waals surface area contributed by atoms with Gasteiger partial charge >= 0.3 is 0 Å². The van der Waals surface area contributed by atoms with Crippen molar-refractivity contribution in [3.8, 4) is 0 Å². The summed E-state index contributed by atoms with van der Waals surface area (Å²) in [5, 5.41) is 12.2. The summed E-state index contributed by atoms with van der Waals surface area (Å²) in [6.07, 6.45) is 0. The van der Waals surface area contributed by atoms with E-state index in [0.29, 0.717) is 23.8 Å². The first-order chi connectivity index (χ1) is 8.60. The van der Waals surface area contributed by atoms with Crippen molar-refractivity contribution in [2.75, 3.05) is 25.0 Å². The first-order valence-corrected chi connectivity index (χ1v) is 6.38. The van der Waals surface area contributed by atoms with Gasteiger partial charge in [-0.05, 0) is 25.6 Å². The molecule has 0 aromatic heterocycles. The molecule has 5 heteroatoms. The standard InChI is InChI=1S/C13H19ClN2O2/c1-3-16(8-9-17)10(2)13(18)15-12-7-5-4-6-11(12)14/h4-7,10,17H,3,8-9H2,1-2H3,(H,15,18). The second-order valence-electron chi connectivity index (χ2n) is 4.00. The molecular formula is C13H19ClN2O2. The average molecular weight is 271 g/mol. The normalized spacial score (nSPS) is 12.5. The van der Waals surface area contributed by atoms with E-state index in [2.05, 4.69) is 5.32 Å². The lowest BCUT2D eigenvalue weighted by atomic mass is 10.2. The Morgan fingerprint density at radius 2 is 2.17 bits per heavy atom. The zero-order valence-electron chi connectivity index (χ0n) is 10.7. The van der Waals surface area contributed by atoms with Gasteiger partial charge in [0.25, 0.3) is 0 Å². The molecule has 4 nitrogen and oxygen atoms in total. The summed E-state index contributed by atoms with van der Waals surface area (Å²) in [5.41, 5.74) is 0.607. The highest BCUT2D eigenvalue weighted by Gasteiger charge is 2.20. The molecular weight excluding hydrogens is 252 g/mol. The van der Waals surface area contributed by atoms with Crippen molar-refractivity contribution in [2.24, 2.45) is 0 Å². The van der Waals surface area contributed by atoms with Gasteiger partial charge in [-0.3, -0.25) is 9.69 Å². The van der Waals surface area contributed by atoms with Crippen LogP contribution in [0.5, 0.6) is 0 Å². The van der Waals surface area contributed by atoms with Crippen LogP contribution in [0, 0.1) is 0 Å². The average Bonchev–Trinajstić information content (AvgIpc) is 2.37. The van der Waals surface area contributed by atoms with E-state index in [9.17, 15) is 4.79 Å². The Kier molecular flexibility index (Phi) is 6.12. The third-order valence-electron chi connectivity index (χ3n) is 2.85. The summed E-state index contributed by atoms with van der Waals surface area (Å²) >= 11 is 5.98. The van der Waals surface area contributed by atoms with Gasteiger partial charge in [-0.25, -0.2) is 0 Å². The molecule has 1 rings (SSSR count). The van der Waals surface area contributed by atoms with Crippen molar-refractivity contribution < 1.29 is 9.90 Å². The van der Waals surface area contributed by atoms with E-state index in [0.717, 1.165) is 0 Å². The number of nitrogens with zero attached hydrogens (tertiary/aromatic N) is 1. The predicted molar refractivity (Wildman–Crippen MR) is 73.9 cm³/mol. The number of halogens is 1. The van der Waals surface area contributed by atoms with Crippen LogP contribution in [0.4, 0.5) is 5.69 Å². The quantitative estimate of drug-likeness (QED) is 0.831. The Balaban J connectivity index is 2.67. The lowest BCUT2D eigenvalue weighted by Gasteiger charge is -2.26. The number of nitrogens with one attached hydrogen (secondary N) is 1. The molecule has 1 atom stereocenters. The molecule has 18 heavy (non-hydrogen) atoms. The zero-order valence-corrected chi connectivity index (χ0v) is 11.4.